The second-order valence-electron chi connectivity index (χ2n) is 4.12. The highest BCUT2D eigenvalue weighted by atomic mass is 35.5. The van der Waals surface area contributed by atoms with Gasteiger partial charge in [-0.1, -0.05) is 38.1 Å². The Morgan fingerprint density at radius 1 is 1.18 bits per heavy atom. The van der Waals surface area contributed by atoms with Gasteiger partial charge in [0.2, 0.25) is 5.91 Å². The summed E-state index contributed by atoms with van der Waals surface area (Å²) in [7, 11) is 0. The summed E-state index contributed by atoms with van der Waals surface area (Å²) in [6.07, 6.45) is 2.00. The number of rotatable bonds is 6. The average Bonchev–Trinajstić information content (AvgIpc) is 2.38. The topological polar surface area (TPSA) is 20.3 Å². The van der Waals surface area contributed by atoms with Crippen molar-refractivity contribution in [1.82, 2.24) is 4.90 Å². The van der Waals surface area contributed by atoms with E-state index >= 15 is 0 Å². The lowest BCUT2D eigenvalue weighted by Crippen LogP contribution is -2.32. The van der Waals surface area contributed by atoms with E-state index in [2.05, 4.69) is 38.1 Å². The van der Waals surface area contributed by atoms with E-state index in [-0.39, 0.29) is 11.8 Å². The lowest BCUT2D eigenvalue weighted by molar-refractivity contribution is -0.129. The van der Waals surface area contributed by atoms with Crippen molar-refractivity contribution in [3.05, 3.63) is 35.4 Å². The summed E-state index contributed by atoms with van der Waals surface area (Å²) in [5.41, 5.74) is 2.48. The molecule has 0 saturated carbocycles. The fraction of sp³-hybridized carbons (Fsp3) is 0.500. The Balaban J connectivity index is 2.68. The molecule has 0 aromatic heterocycles. The Hall–Kier alpha value is -1.02. The van der Waals surface area contributed by atoms with Gasteiger partial charge < -0.3 is 4.90 Å². The molecule has 0 fully saturated rings. The first-order valence-corrected chi connectivity index (χ1v) is 6.66. The van der Waals surface area contributed by atoms with Gasteiger partial charge in [-0.05, 0) is 24.0 Å². The molecule has 0 radical (unpaired) electrons. The fourth-order valence-corrected chi connectivity index (χ4v) is 1.92. The summed E-state index contributed by atoms with van der Waals surface area (Å²) >= 11 is 5.61. The summed E-state index contributed by atoms with van der Waals surface area (Å²) in [6.45, 7) is 5.62. The SMILES string of the molecule is CCCN(Cc1ccc(CC)cc1)C(=O)CCl. The number of hydrogen-bond donors (Lipinski definition) is 0. The van der Waals surface area contributed by atoms with Gasteiger partial charge in [-0.15, -0.1) is 11.6 Å². The predicted octanol–water partition coefficient (Wildman–Crippen LogP) is 3.23. The molecule has 17 heavy (non-hydrogen) atoms. The van der Waals surface area contributed by atoms with Crippen LogP contribution in [0.15, 0.2) is 24.3 Å². The molecule has 94 valence electrons. The van der Waals surface area contributed by atoms with Crippen molar-refractivity contribution in [2.24, 2.45) is 0 Å². The molecule has 1 aromatic rings. The molecule has 0 saturated heterocycles. The van der Waals surface area contributed by atoms with E-state index < -0.39 is 0 Å². The van der Waals surface area contributed by atoms with Crippen molar-refractivity contribution in [1.29, 1.82) is 0 Å². The Labute approximate surface area is 109 Å². The average molecular weight is 254 g/mol. The fourth-order valence-electron chi connectivity index (χ4n) is 1.75. The van der Waals surface area contributed by atoms with Gasteiger partial charge in [0.15, 0.2) is 0 Å². The zero-order valence-corrected chi connectivity index (χ0v) is 11.3. The molecular weight excluding hydrogens is 234 g/mol. The highest BCUT2D eigenvalue weighted by Gasteiger charge is 2.11. The summed E-state index contributed by atoms with van der Waals surface area (Å²) in [5, 5.41) is 0. The van der Waals surface area contributed by atoms with E-state index in [9.17, 15) is 4.79 Å². The zero-order valence-electron chi connectivity index (χ0n) is 10.6. The van der Waals surface area contributed by atoms with Crippen LogP contribution in [0.2, 0.25) is 0 Å². The molecule has 3 heteroatoms. The minimum absolute atomic E-state index is 0.00749. The Kier molecular flexibility index (Phi) is 6.06. The lowest BCUT2D eigenvalue weighted by atomic mass is 10.1. The molecule has 0 atom stereocenters. The molecule has 2 nitrogen and oxygen atoms in total. The number of benzene rings is 1. The van der Waals surface area contributed by atoms with Crippen molar-refractivity contribution in [3.63, 3.8) is 0 Å². The van der Waals surface area contributed by atoms with Crippen molar-refractivity contribution in [3.8, 4) is 0 Å². The number of halogens is 1. The van der Waals surface area contributed by atoms with E-state index in [4.69, 9.17) is 11.6 Å². The van der Waals surface area contributed by atoms with E-state index in [0.29, 0.717) is 6.54 Å². The molecule has 0 N–H and O–H groups in total. The molecule has 1 rings (SSSR count). The highest BCUT2D eigenvalue weighted by molar-refractivity contribution is 6.27. The first kappa shape index (κ1) is 14.0. The van der Waals surface area contributed by atoms with Crippen LogP contribution >= 0.6 is 11.6 Å². The van der Waals surface area contributed by atoms with E-state index in [1.807, 2.05) is 4.90 Å². The molecule has 0 bridgehead atoms. The molecule has 1 aromatic carbocycles. The largest absolute Gasteiger partial charge is 0.337 e. The van der Waals surface area contributed by atoms with Gasteiger partial charge in [-0.25, -0.2) is 0 Å². The van der Waals surface area contributed by atoms with E-state index in [0.717, 1.165) is 24.9 Å². The summed E-state index contributed by atoms with van der Waals surface area (Å²) < 4.78 is 0. The van der Waals surface area contributed by atoms with Crippen LogP contribution in [0.25, 0.3) is 0 Å². The maximum Gasteiger partial charge on any atom is 0.237 e. The quantitative estimate of drug-likeness (QED) is 0.713. The van der Waals surface area contributed by atoms with Crippen molar-refractivity contribution in [2.45, 2.75) is 33.2 Å². The van der Waals surface area contributed by atoms with Gasteiger partial charge in [0.05, 0.1) is 0 Å². The van der Waals surface area contributed by atoms with Crippen LogP contribution in [-0.4, -0.2) is 23.2 Å². The first-order chi connectivity index (χ1) is 8.21. The van der Waals surface area contributed by atoms with Gasteiger partial charge in [-0.3, -0.25) is 4.79 Å². The van der Waals surface area contributed by atoms with Gasteiger partial charge >= 0.3 is 0 Å². The Morgan fingerprint density at radius 3 is 2.24 bits per heavy atom. The van der Waals surface area contributed by atoms with Gasteiger partial charge in [0.25, 0.3) is 0 Å². The number of carbonyl (C=O) groups is 1. The monoisotopic (exact) mass is 253 g/mol. The molecule has 0 aliphatic rings. The summed E-state index contributed by atoms with van der Waals surface area (Å²) in [5.74, 6) is 0.0700. The van der Waals surface area contributed by atoms with Crippen LogP contribution in [0.3, 0.4) is 0 Å². The second-order valence-corrected chi connectivity index (χ2v) is 4.39. The van der Waals surface area contributed by atoms with Crippen molar-refractivity contribution in [2.75, 3.05) is 12.4 Å². The van der Waals surface area contributed by atoms with Gasteiger partial charge in [0, 0.05) is 13.1 Å². The minimum Gasteiger partial charge on any atom is -0.337 e. The summed E-state index contributed by atoms with van der Waals surface area (Å²) in [6, 6.07) is 8.40. The van der Waals surface area contributed by atoms with Crippen LogP contribution in [0.5, 0.6) is 0 Å². The zero-order chi connectivity index (χ0) is 12.7. The van der Waals surface area contributed by atoms with Crippen LogP contribution in [0, 0.1) is 0 Å². The van der Waals surface area contributed by atoms with Crippen LogP contribution in [0.1, 0.15) is 31.4 Å². The number of aryl methyl sites for hydroxylation is 1. The third-order valence-corrected chi connectivity index (χ3v) is 2.99. The van der Waals surface area contributed by atoms with Crippen LogP contribution in [0.4, 0.5) is 0 Å². The standard InChI is InChI=1S/C14H20ClNO/c1-3-9-16(14(17)10-15)11-13-7-5-12(4-2)6-8-13/h5-8H,3-4,9-11H2,1-2H3. The molecule has 0 aliphatic carbocycles. The summed E-state index contributed by atoms with van der Waals surface area (Å²) in [4.78, 5) is 13.4. The number of amides is 1. The normalized spacial score (nSPS) is 10.3. The van der Waals surface area contributed by atoms with Gasteiger partial charge in [-0.2, -0.15) is 0 Å². The highest BCUT2D eigenvalue weighted by Crippen LogP contribution is 2.09. The first-order valence-electron chi connectivity index (χ1n) is 6.12. The third-order valence-electron chi connectivity index (χ3n) is 2.77. The number of alkyl halides is 1. The van der Waals surface area contributed by atoms with E-state index in [1.165, 1.54) is 5.56 Å². The van der Waals surface area contributed by atoms with Crippen LogP contribution < -0.4 is 0 Å². The molecule has 0 spiro atoms. The van der Waals surface area contributed by atoms with Crippen molar-refractivity contribution < 1.29 is 4.79 Å². The van der Waals surface area contributed by atoms with Gasteiger partial charge in [0.1, 0.15) is 5.88 Å². The number of carbonyl (C=O) groups excluding carboxylic acids is 1. The predicted molar refractivity (Wildman–Crippen MR) is 72.2 cm³/mol. The second kappa shape index (κ2) is 7.33. The maximum atomic E-state index is 11.6. The molecule has 0 aliphatic heterocycles. The maximum absolute atomic E-state index is 11.6. The molecular formula is C14H20ClNO. The van der Waals surface area contributed by atoms with Crippen LogP contribution in [-0.2, 0) is 17.8 Å². The molecule has 0 heterocycles. The Morgan fingerprint density at radius 2 is 1.76 bits per heavy atom. The Bertz CT molecular complexity index is 348. The number of hydrogen-bond acceptors (Lipinski definition) is 1. The third kappa shape index (κ3) is 4.39. The molecule has 0 unspecified atom stereocenters. The molecule has 1 amide bonds. The van der Waals surface area contributed by atoms with E-state index in [1.54, 1.807) is 0 Å². The smallest absolute Gasteiger partial charge is 0.237 e. The van der Waals surface area contributed by atoms with Crippen molar-refractivity contribution >= 4 is 17.5 Å². The minimum atomic E-state index is 0.00749. The number of nitrogens with zero attached hydrogens (tertiary/aromatic N) is 1. The lowest BCUT2D eigenvalue weighted by Gasteiger charge is -2.21.